The van der Waals surface area contributed by atoms with Crippen molar-refractivity contribution < 1.29 is 26.0 Å². The van der Waals surface area contributed by atoms with E-state index < -0.39 is 33.6 Å². The summed E-state index contributed by atoms with van der Waals surface area (Å²) in [6.45, 7) is 0.0324. The fraction of sp³-hybridized carbons (Fsp3) is 0.200. The zero-order chi connectivity index (χ0) is 24.5. The molecular formula is C25H22F4N2O2S. The van der Waals surface area contributed by atoms with Crippen molar-refractivity contribution in [1.82, 2.24) is 5.01 Å². The monoisotopic (exact) mass is 490 g/mol. The van der Waals surface area contributed by atoms with E-state index in [1.54, 1.807) is 0 Å². The molecule has 0 spiro atoms. The lowest BCUT2D eigenvalue weighted by Gasteiger charge is -2.38. The zero-order valence-corrected chi connectivity index (χ0v) is 19.0. The summed E-state index contributed by atoms with van der Waals surface area (Å²) in [6, 6.07) is 19.3. The fourth-order valence-electron chi connectivity index (χ4n) is 3.96. The largest absolute Gasteiger partial charge is 0.432 e. The van der Waals surface area contributed by atoms with Crippen LogP contribution in [0.1, 0.15) is 17.2 Å². The zero-order valence-electron chi connectivity index (χ0n) is 18.2. The highest BCUT2D eigenvalue weighted by Crippen LogP contribution is 2.43. The standard InChI is InChI=1S/C25H22F4N2O2S/c1-34(32,33)22-13-7-19(8-14-22)23-17-24(25(27,28)29)30(16-15-18-5-3-2-4-6-18)31(23)21-11-9-20(26)10-12-21/h2-14,17,23H,15-16H2,1H3. The van der Waals surface area contributed by atoms with Crippen molar-refractivity contribution in [2.24, 2.45) is 0 Å². The van der Waals surface area contributed by atoms with Gasteiger partial charge in [0.2, 0.25) is 0 Å². The second kappa shape index (κ2) is 9.13. The van der Waals surface area contributed by atoms with Gasteiger partial charge in [-0.3, -0.25) is 10.0 Å². The number of nitrogens with zero attached hydrogens (tertiary/aromatic N) is 2. The topological polar surface area (TPSA) is 40.6 Å². The number of alkyl halides is 3. The van der Waals surface area contributed by atoms with Crippen LogP contribution in [0, 0.1) is 5.82 Å². The molecule has 1 atom stereocenters. The molecule has 0 saturated carbocycles. The minimum absolute atomic E-state index is 0.0324. The highest BCUT2D eigenvalue weighted by atomic mass is 32.2. The molecule has 1 heterocycles. The average Bonchev–Trinajstić information content (AvgIpc) is 3.18. The van der Waals surface area contributed by atoms with E-state index in [1.807, 2.05) is 30.3 Å². The normalized spacial score (nSPS) is 16.6. The van der Waals surface area contributed by atoms with Gasteiger partial charge in [0.1, 0.15) is 11.5 Å². The van der Waals surface area contributed by atoms with Crippen LogP contribution >= 0.6 is 0 Å². The Morgan fingerprint density at radius 3 is 2.06 bits per heavy atom. The molecule has 0 aliphatic carbocycles. The van der Waals surface area contributed by atoms with Gasteiger partial charge >= 0.3 is 6.18 Å². The highest BCUT2D eigenvalue weighted by molar-refractivity contribution is 7.90. The Morgan fingerprint density at radius 1 is 0.882 bits per heavy atom. The van der Waals surface area contributed by atoms with Gasteiger partial charge in [0.15, 0.2) is 9.84 Å². The van der Waals surface area contributed by atoms with Gasteiger partial charge < -0.3 is 0 Å². The van der Waals surface area contributed by atoms with Crippen LogP contribution in [0.2, 0.25) is 0 Å². The van der Waals surface area contributed by atoms with Crippen molar-refractivity contribution >= 4 is 15.5 Å². The first kappa shape index (κ1) is 23.8. The van der Waals surface area contributed by atoms with Gasteiger partial charge in [0, 0.05) is 12.8 Å². The number of rotatable bonds is 6. The van der Waals surface area contributed by atoms with Crippen molar-refractivity contribution in [1.29, 1.82) is 0 Å². The fourth-order valence-corrected chi connectivity index (χ4v) is 4.60. The lowest BCUT2D eigenvalue weighted by Crippen LogP contribution is -2.43. The molecule has 3 aromatic rings. The number of hydrogen-bond donors (Lipinski definition) is 0. The third kappa shape index (κ3) is 5.09. The van der Waals surface area contributed by atoms with E-state index in [9.17, 15) is 26.0 Å². The van der Waals surface area contributed by atoms with Crippen molar-refractivity contribution in [2.75, 3.05) is 17.8 Å². The molecule has 0 fully saturated rings. The van der Waals surface area contributed by atoms with Gasteiger partial charge in [0.05, 0.1) is 16.6 Å². The third-order valence-corrected chi connectivity index (χ3v) is 6.73. The Morgan fingerprint density at radius 2 is 1.50 bits per heavy atom. The highest BCUT2D eigenvalue weighted by Gasteiger charge is 2.46. The van der Waals surface area contributed by atoms with Crippen molar-refractivity contribution in [3.8, 4) is 0 Å². The Kier molecular flexibility index (Phi) is 6.40. The van der Waals surface area contributed by atoms with Gasteiger partial charge in [0.25, 0.3) is 0 Å². The maximum Gasteiger partial charge on any atom is 0.432 e. The Balaban J connectivity index is 1.77. The minimum Gasteiger partial charge on any atom is -0.280 e. The van der Waals surface area contributed by atoms with Crippen LogP contribution in [0.25, 0.3) is 0 Å². The number of halogens is 4. The predicted molar refractivity (Wildman–Crippen MR) is 122 cm³/mol. The number of hydrogen-bond acceptors (Lipinski definition) is 4. The molecule has 178 valence electrons. The number of anilines is 1. The van der Waals surface area contributed by atoms with Crippen molar-refractivity contribution in [3.63, 3.8) is 0 Å². The van der Waals surface area contributed by atoms with E-state index in [0.717, 1.165) is 22.9 Å². The van der Waals surface area contributed by atoms with Gasteiger partial charge in [-0.1, -0.05) is 42.5 Å². The minimum atomic E-state index is -4.63. The molecule has 1 aliphatic heterocycles. The summed E-state index contributed by atoms with van der Waals surface area (Å²) in [5.74, 6) is -0.503. The van der Waals surface area contributed by atoms with E-state index in [4.69, 9.17) is 0 Å². The molecule has 4 nitrogen and oxygen atoms in total. The van der Waals surface area contributed by atoms with Gasteiger partial charge in [-0.2, -0.15) is 13.2 Å². The maximum absolute atomic E-state index is 14.1. The molecule has 1 unspecified atom stereocenters. The number of allylic oxidation sites excluding steroid dienone is 1. The Hall–Kier alpha value is -3.33. The van der Waals surface area contributed by atoms with Crippen LogP contribution in [0.5, 0.6) is 0 Å². The Labute approximate surface area is 195 Å². The van der Waals surface area contributed by atoms with Crippen LogP contribution in [-0.4, -0.2) is 32.4 Å². The SMILES string of the molecule is CS(=O)(=O)c1ccc(C2C=C(C(F)(F)F)N(CCc3ccccc3)N2c2ccc(F)cc2)cc1. The first-order valence-corrected chi connectivity index (χ1v) is 12.4. The van der Waals surface area contributed by atoms with E-state index in [1.165, 1.54) is 53.5 Å². The molecule has 0 N–H and O–H groups in total. The lowest BCUT2D eigenvalue weighted by atomic mass is 10.1. The number of sulfone groups is 1. The summed E-state index contributed by atoms with van der Waals surface area (Å²) < 4.78 is 79.6. The van der Waals surface area contributed by atoms with Crippen molar-refractivity contribution in [3.05, 3.63) is 108 Å². The lowest BCUT2D eigenvalue weighted by molar-refractivity contribution is -0.110. The average molecular weight is 491 g/mol. The van der Waals surface area contributed by atoms with E-state index >= 15 is 0 Å². The van der Waals surface area contributed by atoms with E-state index in [-0.39, 0.29) is 11.4 Å². The summed E-state index contributed by atoms with van der Waals surface area (Å²) in [5, 5.41) is 2.63. The quantitative estimate of drug-likeness (QED) is 0.416. The molecule has 0 amide bonds. The molecule has 34 heavy (non-hydrogen) atoms. The van der Waals surface area contributed by atoms with Crippen LogP contribution in [0.15, 0.2) is 95.5 Å². The van der Waals surface area contributed by atoms with Crippen LogP contribution in [-0.2, 0) is 16.3 Å². The van der Waals surface area contributed by atoms with Crippen LogP contribution in [0.4, 0.5) is 23.2 Å². The van der Waals surface area contributed by atoms with E-state index in [0.29, 0.717) is 17.7 Å². The van der Waals surface area contributed by atoms with Crippen LogP contribution in [0.3, 0.4) is 0 Å². The number of hydrazine groups is 1. The van der Waals surface area contributed by atoms with Crippen molar-refractivity contribution in [2.45, 2.75) is 23.5 Å². The smallest absolute Gasteiger partial charge is 0.280 e. The number of benzene rings is 3. The third-order valence-electron chi connectivity index (χ3n) is 5.60. The van der Waals surface area contributed by atoms with Gasteiger partial charge in [-0.15, -0.1) is 0 Å². The molecule has 0 radical (unpaired) electrons. The van der Waals surface area contributed by atoms with Gasteiger partial charge in [-0.05, 0) is 60.0 Å². The molecule has 0 bridgehead atoms. The molecule has 0 aromatic heterocycles. The van der Waals surface area contributed by atoms with Crippen LogP contribution < -0.4 is 5.01 Å². The second-order valence-electron chi connectivity index (χ2n) is 8.02. The maximum atomic E-state index is 14.1. The summed E-state index contributed by atoms with van der Waals surface area (Å²) in [7, 11) is -3.46. The van der Waals surface area contributed by atoms with E-state index in [2.05, 4.69) is 0 Å². The van der Waals surface area contributed by atoms with Gasteiger partial charge in [-0.25, -0.2) is 12.8 Å². The summed E-state index contributed by atoms with van der Waals surface area (Å²) in [5.41, 5.74) is 0.900. The first-order valence-electron chi connectivity index (χ1n) is 10.5. The molecular weight excluding hydrogens is 468 g/mol. The second-order valence-corrected chi connectivity index (χ2v) is 10.0. The first-order chi connectivity index (χ1) is 16.0. The molecule has 9 heteroatoms. The summed E-state index contributed by atoms with van der Waals surface area (Å²) in [4.78, 5) is 0.0727. The predicted octanol–water partition coefficient (Wildman–Crippen LogP) is 5.70. The molecule has 4 rings (SSSR count). The summed E-state index contributed by atoms with van der Waals surface area (Å²) >= 11 is 0. The molecule has 3 aromatic carbocycles. The molecule has 0 saturated heterocycles. The Bertz CT molecular complexity index is 1270. The molecule has 1 aliphatic rings. The summed E-state index contributed by atoms with van der Waals surface area (Å²) in [6.07, 6.45) is -2.10.